The van der Waals surface area contributed by atoms with Crippen LogP contribution < -0.4 is 5.73 Å². The number of esters is 1. The lowest BCUT2D eigenvalue weighted by molar-refractivity contribution is -0.150. The minimum atomic E-state index is -2.48. The van der Waals surface area contributed by atoms with Gasteiger partial charge >= 0.3 is 5.97 Å². The van der Waals surface area contributed by atoms with Crippen molar-refractivity contribution in [2.45, 2.75) is 19.1 Å². The first-order valence-electron chi connectivity index (χ1n) is 5.09. The zero-order chi connectivity index (χ0) is 13.9. The minimum Gasteiger partial charge on any atom is -0.464 e. The van der Waals surface area contributed by atoms with Crippen molar-refractivity contribution in [2.75, 3.05) is 6.61 Å². The summed E-state index contributed by atoms with van der Waals surface area (Å²) in [5.41, 5.74) is 4.20. The molecule has 2 atom stereocenters. The third kappa shape index (κ3) is 3.81. The lowest BCUT2D eigenvalue weighted by Gasteiger charge is -2.17. The Morgan fingerprint density at radius 3 is 2.37 bits per heavy atom. The minimum absolute atomic E-state index is 0. The van der Waals surface area contributed by atoms with Gasteiger partial charge in [0.1, 0.15) is 5.82 Å². The van der Waals surface area contributed by atoms with Crippen LogP contribution in [0.5, 0.6) is 0 Å². The van der Waals surface area contributed by atoms with Gasteiger partial charge in [0.2, 0.25) is 6.17 Å². The van der Waals surface area contributed by atoms with Gasteiger partial charge in [0.05, 0.1) is 12.6 Å². The fraction of sp³-hybridized carbons (Fsp3) is 0.364. The van der Waals surface area contributed by atoms with Gasteiger partial charge < -0.3 is 10.5 Å². The highest BCUT2D eigenvalue weighted by Crippen LogP contribution is 2.25. The average Bonchev–Trinajstić information content (AvgIpc) is 2.33. The van der Waals surface area contributed by atoms with E-state index in [9.17, 15) is 22.4 Å². The maximum atomic E-state index is 13.5. The molecular formula is C11H12ClF4NO2. The number of alkyl halides is 1. The van der Waals surface area contributed by atoms with Crippen molar-refractivity contribution in [1.82, 2.24) is 0 Å². The maximum absolute atomic E-state index is 13.5. The number of carbonyl (C=O) groups is 1. The first-order valence-corrected chi connectivity index (χ1v) is 5.09. The number of benzene rings is 1. The second-order valence-corrected chi connectivity index (χ2v) is 3.44. The van der Waals surface area contributed by atoms with E-state index >= 15 is 0 Å². The van der Waals surface area contributed by atoms with E-state index in [1.54, 1.807) is 0 Å². The van der Waals surface area contributed by atoms with Crippen LogP contribution in [0, 0.1) is 17.5 Å². The summed E-state index contributed by atoms with van der Waals surface area (Å²) in [5.74, 6) is -5.58. The molecule has 1 aromatic rings. The number of halogens is 5. The number of nitrogens with two attached hydrogens (primary N) is 1. The molecule has 0 radical (unpaired) electrons. The number of ether oxygens (including phenoxy) is 1. The fourth-order valence-electron chi connectivity index (χ4n) is 1.36. The van der Waals surface area contributed by atoms with Crippen molar-refractivity contribution in [3.05, 3.63) is 35.1 Å². The molecule has 1 unspecified atom stereocenters. The molecule has 108 valence electrons. The van der Waals surface area contributed by atoms with E-state index < -0.39 is 41.2 Å². The first-order chi connectivity index (χ1) is 8.40. The second kappa shape index (κ2) is 7.30. The van der Waals surface area contributed by atoms with Gasteiger partial charge in [-0.15, -0.1) is 12.4 Å². The van der Waals surface area contributed by atoms with E-state index in [1.165, 1.54) is 6.92 Å². The molecule has 0 saturated heterocycles. The quantitative estimate of drug-likeness (QED) is 0.528. The number of hydrogen-bond acceptors (Lipinski definition) is 3. The molecule has 0 aliphatic rings. The normalized spacial score (nSPS) is 13.4. The molecule has 0 fully saturated rings. The third-order valence-corrected chi connectivity index (χ3v) is 2.24. The smallest absolute Gasteiger partial charge is 0.342 e. The van der Waals surface area contributed by atoms with Crippen molar-refractivity contribution in [3.63, 3.8) is 0 Å². The molecule has 3 nitrogen and oxygen atoms in total. The Kier molecular flexibility index (Phi) is 6.78. The Labute approximate surface area is 113 Å². The number of carbonyl (C=O) groups excluding carboxylic acids is 1. The van der Waals surface area contributed by atoms with Crippen LogP contribution in [-0.2, 0) is 9.53 Å². The second-order valence-electron chi connectivity index (χ2n) is 3.44. The van der Waals surface area contributed by atoms with Crippen LogP contribution in [-0.4, -0.2) is 18.7 Å². The Bertz CT molecular complexity index is 459. The summed E-state index contributed by atoms with van der Waals surface area (Å²) in [6, 6.07) is -0.830. The van der Waals surface area contributed by atoms with E-state index in [1.807, 2.05) is 0 Å². The van der Waals surface area contributed by atoms with Gasteiger partial charge in [0.15, 0.2) is 11.6 Å². The molecule has 2 N–H and O–H groups in total. The van der Waals surface area contributed by atoms with Gasteiger partial charge in [-0.2, -0.15) is 0 Å². The van der Waals surface area contributed by atoms with Crippen LogP contribution in [0.15, 0.2) is 12.1 Å². The van der Waals surface area contributed by atoms with Gasteiger partial charge in [-0.1, -0.05) is 0 Å². The molecule has 8 heteroatoms. The standard InChI is InChI=1S/C11H11F4NO2.ClH/c1-2-18-11(17)9(15)10(16)7-5(12)3-4-6(13)8(7)14;/h3-4,9-10H,2,16H2,1H3;1H/t9?,10-;/m1./s1. The summed E-state index contributed by atoms with van der Waals surface area (Å²) in [5, 5.41) is 0. The zero-order valence-electron chi connectivity index (χ0n) is 9.83. The summed E-state index contributed by atoms with van der Waals surface area (Å²) in [6.45, 7) is 1.32. The molecule has 0 aromatic heterocycles. The first kappa shape index (κ1) is 17.7. The summed E-state index contributed by atoms with van der Waals surface area (Å²) in [6.07, 6.45) is -2.48. The molecule has 0 bridgehead atoms. The molecule has 0 spiro atoms. The van der Waals surface area contributed by atoms with Gasteiger partial charge in [0.25, 0.3) is 0 Å². The highest BCUT2D eigenvalue weighted by Gasteiger charge is 2.32. The van der Waals surface area contributed by atoms with Crippen LogP contribution >= 0.6 is 12.4 Å². The van der Waals surface area contributed by atoms with E-state index in [-0.39, 0.29) is 19.0 Å². The van der Waals surface area contributed by atoms with Crippen LogP contribution in [0.3, 0.4) is 0 Å². The highest BCUT2D eigenvalue weighted by atomic mass is 35.5. The van der Waals surface area contributed by atoms with Crippen molar-refractivity contribution in [2.24, 2.45) is 5.73 Å². The van der Waals surface area contributed by atoms with E-state index in [0.29, 0.717) is 12.1 Å². The van der Waals surface area contributed by atoms with Crippen molar-refractivity contribution in [3.8, 4) is 0 Å². The Balaban J connectivity index is 0.00000324. The SMILES string of the molecule is CCOC(=O)C(F)[C@H](N)c1c(F)ccc(F)c1F.Cl. The monoisotopic (exact) mass is 301 g/mol. The van der Waals surface area contributed by atoms with Crippen molar-refractivity contribution < 1.29 is 27.1 Å². The molecular weight excluding hydrogens is 290 g/mol. The molecule has 0 saturated carbocycles. The van der Waals surface area contributed by atoms with Gasteiger partial charge in [-0.3, -0.25) is 0 Å². The molecule has 1 rings (SSSR count). The largest absolute Gasteiger partial charge is 0.464 e. The molecule has 0 heterocycles. The molecule has 0 aliphatic carbocycles. The average molecular weight is 302 g/mol. The lowest BCUT2D eigenvalue weighted by atomic mass is 10.0. The topological polar surface area (TPSA) is 52.3 Å². The lowest BCUT2D eigenvalue weighted by Crippen LogP contribution is -2.33. The third-order valence-electron chi connectivity index (χ3n) is 2.24. The fourth-order valence-corrected chi connectivity index (χ4v) is 1.36. The Morgan fingerprint density at radius 2 is 1.84 bits per heavy atom. The number of rotatable bonds is 4. The van der Waals surface area contributed by atoms with E-state index in [0.717, 1.165) is 0 Å². The summed E-state index contributed by atoms with van der Waals surface area (Å²) >= 11 is 0. The number of hydrogen-bond donors (Lipinski definition) is 1. The van der Waals surface area contributed by atoms with E-state index in [4.69, 9.17) is 5.73 Å². The highest BCUT2D eigenvalue weighted by molar-refractivity contribution is 5.85. The predicted octanol–water partition coefficient (Wildman–Crippen LogP) is 2.43. The van der Waals surface area contributed by atoms with Gasteiger partial charge in [-0.25, -0.2) is 22.4 Å². The van der Waals surface area contributed by atoms with Crippen LogP contribution in [0.1, 0.15) is 18.5 Å². The predicted molar refractivity (Wildman–Crippen MR) is 62.0 cm³/mol. The van der Waals surface area contributed by atoms with Crippen LogP contribution in [0.25, 0.3) is 0 Å². The Morgan fingerprint density at radius 1 is 1.32 bits per heavy atom. The molecule has 0 amide bonds. The molecule has 19 heavy (non-hydrogen) atoms. The summed E-state index contributed by atoms with van der Waals surface area (Å²) in [7, 11) is 0. The van der Waals surface area contributed by atoms with Crippen molar-refractivity contribution in [1.29, 1.82) is 0 Å². The molecule has 1 aromatic carbocycles. The summed E-state index contributed by atoms with van der Waals surface area (Å²) in [4.78, 5) is 11.0. The Hall–Kier alpha value is -1.34. The zero-order valence-corrected chi connectivity index (χ0v) is 10.6. The molecule has 0 aliphatic heterocycles. The van der Waals surface area contributed by atoms with Crippen molar-refractivity contribution >= 4 is 18.4 Å². The van der Waals surface area contributed by atoms with Crippen LogP contribution in [0.4, 0.5) is 17.6 Å². The van der Waals surface area contributed by atoms with Gasteiger partial charge in [0, 0.05) is 5.56 Å². The maximum Gasteiger partial charge on any atom is 0.342 e. The van der Waals surface area contributed by atoms with Gasteiger partial charge in [-0.05, 0) is 19.1 Å². The van der Waals surface area contributed by atoms with Crippen LogP contribution in [0.2, 0.25) is 0 Å². The summed E-state index contributed by atoms with van der Waals surface area (Å²) < 4.78 is 57.3. The van der Waals surface area contributed by atoms with E-state index in [2.05, 4.69) is 4.74 Å².